The van der Waals surface area contributed by atoms with Gasteiger partial charge in [-0.3, -0.25) is 4.90 Å². The number of hydrogen-bond donors (Lipinski definition) is 0. The Labute approximate surface area is 173 Å². The summed E-state index contributed by atoms with van der Waals surface area (Å²) in [7, 11) is -2.36. The number of para-hydroxylation sites is 1. The summed E-state index contributed by atoms with van der Waals surface area (Å²) in [6.07, 6.45) is 4.92. The Morgan fingerprint density at radius 3 is 2.62 bits per heavy atom. The van der Waals surface area contributed by atoms with E-state index >= 15 is 0 Å². The van der Waals surface area contributed by atoms with Crippen molar-refractivity contribution in [3.8, 4) is 0 Å². The Morgan fingerprint density at radius 1 is 1.14 bits per heavy atom. The number of benzene rings is 2. The number of halogens is 2. The molecule has 0 saturated carbocycles. The van der Waals surface area contributed by atoms with Crippen molar-refractivity contribution in [1.82, 2.24) is 9.21 Å². The van der Waals surface area contributed by atoms with Crippen LogP contribution in [0.3, 0.4) is 0 Å². The number of allylic oxidation sites excluding steroid dienone is 1. The number of carbonyl (C=O) groups excluding carboxylic acids is 1. The zero-order chi connectivity index (χ0) is 20.8. The number of nitrogens with zero attached hydrogens (tertiary/aromatic N) is 3. The Kier molecular flexibility index (Phi) is 4.84. The van der Waals surface area contributed by atoms with Crippen LogP contribution in [0.15, 0.2) is 71.4 Å². The third kappa shape index (κ3) is 3.28. The monoisotopic (exact) mass is 433 g/mol. The molecule has 0 bridgehead atoms. The third-order valence-electron chi connectivity index (χ3n) is 4.73. The average Bonchev–Trinajstić information content (AvgIpc) is 2.67. The van der Waals surface area contributed by atoms with Gasteiger partial charge in [-0.15, -0.1) is 0 Å². The first kappa shape index (κ1) is 19.5. The molecule has 29 heavy (non-hydrogen) atoms. The van der Waals surface area contributed by atoms with Crippen LogP contribution in [-0.4, -0.2) is 37.2 Å². The van der Waals surface area contributed by atoms with Crippen molar-refractivity contribution in [2.24, 2.45) is 0 Å². The van der Waals surface area contributed by atoms with E-state index in [0.717, 1.165) is 4.31 Å². The lowest BCUT2D eigenvalue weighted by atomic mass is 10.1. The highest BCUT2D eigenvalue weighted by molar-refractivity contribution is 7.90. The van der Waals surface area contributed by atoms with Crippen molar-refractivity contribution < 1.29 is 17.6 Å². The van der Waals surface area contributed by atoms with Gasteiger partial charge in [-0.2, -0.15) is 4.31 Å². The summed E-state index contributed by atoms with van der Waals surface area (Å²) in [4.78, 5) is 16.3. The molecule has 0 fully saturated rings. The molecule has 0 saturated heterocycles. The second-order valence-electron chi connectivity index (χ2n) is 6.70. The van der Waals surface area contributed by atoms with Crippen LogP contribution in [0.5, 0.6) is 0 Å². The molecule has 4 rings (SSSR count). The van der Waals surface area contributed by atoms with E-state index in [1.807, 2.05) is 0 Å². The molecule has 2 aliphatic heterocycles. The van der Waals surface area contributed by atoms with Gasteiger partial charge in [-0.1, -0.05) is 35.9 Å². The minimum Gasteiger partial charge on any atom is -0.375 e. The predicted octanol–water partition coefficient (Wildman–Crippen LogP) is 3.95. The highest BCUT2D eigenvalue weighted by Gasteiger charge is 2.43. The largest absolute Gasteiger partial charge is 0.375 e. The zero-order valence-electron chi connectivity index (χ0n) is 15.4. The van der Waals surface area contributed by atoms with E-state index in [-0.39, 0.29) is 33.4 Å². The van der Waals surface area contributed by atoms with Crippen molar-refractivity contribution >= 4 is 33.3 Å². The van der Waals surface area contributed by atoms with Crippen molar-refractivity contribution in [2.45, 2.75) is 11.4 Å². The number of urea groups is 1. The molecular formula is C20H17ClFN3O3S. The number of likely N-dealkylation sites (N-methyl/N-ethyl adjacent to an activating group) is 1. The van der Waals surface area contributed by atoms with Gasteiger partial charge in [0.2, 0.25) is 0 Å². The predicted molar refractivity (Wildman–Crippen MR) is 108 cm³/mol. The van der Waals surface area contributed by atoms with E-state index in [0.29, 0.717) is 6.54 Å². The Bertz CT molecular complexity index is 1140. The van der Waals surface area contributed by atoms with Crippen molar-refractivity contribution in [2.75, 3.05) is 18.5 Å². The Hall–Kier alpha value is -2.84. The first-order valence-electron chi connectivity index (χ1n) is 8.78. The lowest BCUT2D eigenvalue weighted by Crippen LogP contribution is -2.50. The molecule has 2 amide bonds. The standard InChI is InChI=1S/C20H17ClFN3O3S/c1-23-11-5-6-14(12-23)25-20(26)24(13-15-16(21)7-4-8-17(15)22)18-9-2-3-10-19(18)29(25,27)28/h2-10,12H,11,13H2,1H3. The molecule has 0 aromatic heterocycles. The van der Waals surface area contributed by atoms with Gasteiger partial charge in [0.15, 0.2) is 0 Å². The van der Waals surface area contributed by atoms with Crippen LogP contribution < -0.4 is 4.90 Å². The quantitative estimate of drug-likeness (QED) is 0.735. The maximum absolute atomic E-state index is 14.4. The summed E-state index contributed by atoms with van der Waals surface area (Å²) < 4.78 is 41.6. The number of anilines is 1. The number of rotatable bonds is 3. The fourth-order valence-corrected chi connectivity index (χ4v) is 5.14. The van der Waals surface area contributed by atoms with Crippen molar-refractivity contribution in [3.63, 3.8) is 0 Å². The Morgan fingerprint density at radius 2 is 1.90 bits per heavy atom. The van der Waals surface area contributed by atoms with Crippen LogP contribution in [0, 0.1) is 5.82 Å². The van der Waals surface area contributed by atoms with Crippen molar-refractivity contribution in [3.05, 3.63) is 82.9 Å². The average molecular weight is 434 g/mol. The van der Waals surface area contributed by atoms with Gasteiger partial charge < -0.3 is 4.90 Å². The third-order valence-corrected chi connectivity index (χ3v) is 6.83. The molecule has 6 nitrogen and oxygen atoms in total. The lowest BCUT2D eigenvalue weighted by molar-refractivity contribution is 0.233. The number of carbonyl (C=O) groups is 1. The van der Waals surface area contributed by atoms with Gasteiger partial charge in [0, 0.05) is 30.4 Å². The molecule has 0 spiro atoms. The van der Waals surface area contributed by atoms with E-state index in [1.165, 1.54) is 35.2 Å². The van der Waals surface area contributed by atoms with E-state index in [9.17, 15) is 17.6 Å². The minimum absolute atomic E-state index is 0.0328. The molecule has 0 radical (unpaired) electrons. The first-order chi connectivity index (χ1) is 13.8. The molecule has 9 heteroatoms. The molecule has 0 unspecified atom stereocenters. The second-order valence-corrected chi connectivity index (χ2v) is 8.86. The summed E-state index contributed by atoms with van der Waals surface area (Å²) in [5, 5.41) is 0.159. The fourth-order valence-electron chi connectivity index (χ4n) is 3.34. The van der Waals surface area contributed by atoms with Crippen LogP contribution in [0.4, 0.5) is 14.9 Å². The highest BCUT2D eigenvalue weighted by Crippen LogP contribution is 2.38. The first-order valence-corrected chi connectivity index (χ1v) is 10.6. The SMILES string of the molecule is CN1C=C(N2C(=O)N(Cc3c(F)cccc3Cl)c3ccccc3S2(=O)=O)C=CC1. The summed E-state index contributed by atoms with van der Waals surface area (Å²) in [6, 6.07) is 9.60. The van der Waals surface area contributed by atoms with Crippen LogP contribution in [0.2, 0.25) is 5.02 Å². The molecule has 2 aliphatic rings. The normalized spacial score (nSPS) is 18.0. The molecule has 0 N–H and O–H groups in total. The van der Waals surface area contributed by atoms with Crippen LogP contribution in [0.1, 0.15) is 5.56 Å². The molecule has 2 aromatic carbocycles. The molecule has 150 valence electrons. The van der Waals surface area contributed by atoms with E-state index in [1.54, 1.807) is 42.4 Å². The van der Waals surface area contributed by atoms with Gasteiger partial charge >= 0.3 is 6.03 Å². The van der Waals surface area contributed by atoms with Gasteiger partial charge in [0.1, 0.15) is 10.7 Å². The van der Waals surface area contributed by atoms with E-state index in [4.69, 9.17) is 11.6 Å². The van der Waals surface area contributed by atoms with E-state index < -0.39 is 21.9 Å². The summed E-state index contributed by atoms with van der Waals surface area (Å²) in [5.41, 5.74) is 0.506. The maximum atomic E-state index is 14.4. The molecule has 2 heterocycles. The summed E-state index contributed by atoms with van der Waals surface area (Å²) >= 11 is 6.14. The lowest BCUT2D eigenvalue weighted by Gasteiger charge is -2.37. The van der Waals surface area contributed by atoms with Gasteiger partial charge in [-0.25, -0.2) is 17.6 Å². The van der Waals surface area contributed by atoms with Crippen LogP contribution in [-0.2, 0) is 16.6 Å². The second kappa shape index (κ2) is 7.20. The molecule has 2 aromatic rings. The number of sulfonamides is 1. The number of amides is 2. The minimum atomic E-state index is -4.13. The van der Waals surface area contributed by atoms with Crippen molar-refractivity contribution in [1.29, 1.82) is 0 Å². The smallest absolute Gasteiger partial charge is 0.343 e. The van der Waals surface area contributed by atoms with E-state index in [2.05, 4.69) is 0 Å². The summed E-state index contributed by atoms with van der Waals surface area (Å²) in [6.45, 7) is 0.386. The topological polar surface area (TPSA) is 60.9 Å². The zero-order valence-corrected chi connectivity index (χ0v) is 17.0. The van der Waals surface area contributed by atoms with Gasteiger partial charge in [-0.05, 0) is 30.3 Å². The Balaban J connectivity index is 1.88. The van der Waals surface area contributed by atoms with Gasteiger partial charge in [0.25, 0.3) is 10.0 Å². The molecular weight excluding hydrogens is 417 g/mol. The number of hydrogen-bond acceptors (Lipinski definition) is 4. The fraction of sp³-hybridized carbons (Fsp3) is 0.150. The molecule has 0 atom stereocenters. The summed E-state index contributed by atoms with van der Waals surface area (Å²) in [5.74, 6) is -0.570. The maximum Gasteiger partial charge on any atom is 0.343 e. The highest BCUT2D eigenvalue weighted by atomic mass is 35.5. The molecule has 0 aliphatic carbocycles. The van der Waals surface area contributed by atoms with Crippen LogP contribution >= 0.6 is 11.6 Å². The van der Waals surface area contributed by atoms with Crippen LogP contribution in [0.25, 0.3) is 0 Å². The number of fused-ring (bicyclic) bond motifs is 1. The van der Waals surface area contributed by atoms with Gasteiger partial charge in [0.05, 0.1) is 17.9 Å².